The number of hydrogen-bond acceptors (Lipinski definition) is 4. The van der Waals surface area contributed by atoms with Crippen molar-refractivity contribution in [3.8, 4) is 0 Å². The standard InChI is InChI=1S/C11H8FNO3S/c12-8-3-1-7(2-4-8)10-11-9(16-13-10)5-6-17(11,14)15/h1-6,9,11H/t9-,11+/m1/s1. The van der Waals surface area contributed by atoms with Crippen molar-refractivity contribution in [2.75, 3.05) is 0 Å². The minimum Gasteiger partial charge on any atom is -0.386 e. The first-order valence-corrected chi connectivity index (χ1v) is 6.61. The Morgan fingerprint density at radius 1 is 1.24 bits per heavy atom. The van der Waals surface area contributed by atoms with E-state index in [9.17, 15) is 12.8 Å². The van der Waals surface area contributed by atoms with Crippen LogP contribution >= 0.6 is 0 Å². The third-order valence-corrected chi connectivity index (χ3v) is 4.53. The molecule has 6 heteroatoms. The van der Waals surface area contributed by atoms with Crippen LogP contribution in [0.25, 0.3) is 0 Å². The van der Waals surface area contributed by atoms with E-state index in [0.717, 1.165) is 5.41 Å². The van der Waals surface area contributed by atoms with Gasteiger partial charge in [0.1, 0.15) is 11.5 Å². The van der Waals surface area contributed by atoms with Gasteiger partial charge in [-0.1, -0.05) is 17.3 Å². The maximum absolute atomic E-state index is 12.8. The molecule has 0 amide bonds. The number of halogens is 1. The Morgan fingerprint density at radius 3 is 2.65 bits per heavy atom. The molecule has 0 N–H and O–H groups in total. The summed E-state index contributed by atoms with van der Waals surface area (Å²) in [4.78, 5) is 5.04. The lowest BCUT2D eigenvalue weighted by Gasteiger charge is -2.08. The zero-order chi connectivity index (χ0) is 12.0. The molecule has 1 aromatic rings. The van der Waals surface area contributed by atoms with Crippen LogP contribution in [0.15, 0.2) is 40.9 Å². The summed E-state index contributed by atoms with van der Waals surface area (Å²) in [6.07, 6.45) is 0.917. The van der Waals surface area contributed by atoms with Gasteiger partial charge in [-0.2, -0.15) is 0 Å². The second-order valence-corrected chi connectivity index (χ2v) is 5.85. The van der Waals surface area contributed by atoms with Gasteiger partial charge >= 0.3 is 0 Å². The normalized spacial score (nSPS) is 28.6. The molecular weight excluding hydrogens is 245 g/mol. The van der Waals surface area contributed by atoms with Gasteiger partial charge in [0, 0.05) is 11.0 Å². The van der Waals surface area contributed by atoms with Crippen LogP contribution in [-0.4, -0.2) is 25.5 Å². The molecule has 0 saturated heterocycles. The monoisotopic (exact) mass is 253 g/mol. The van der Waals surface area contributed by atoms with E-state index in [4.69, 9.17) is 4.84 Å². The first kappa shape index (κ1) is 10.5. The number of hydrogen-bond donors (Lipinski definition) is 0. The van der Waals surface area contributed by atoms with E-state index in [1.165, 1.54) is 30.3 Å². The van der Waals surface area contributed by atoms with Crippen LogP contribution < -0.4 is 0 Å². The van der Waals surface area contributed by atoms with Crippen LogP contribution in [0.4, 0.5) is 4.39 Å². The Morgan fingerprint density at radius 2 is 1.94 bits per heavy atom. The predicted molar refractivity (Wildman–Crippen MR) is 59.7 cm³/mol. The van der Waals surface area contributed by atoms with Crippen molar-refractivity contribution >= 4 is 15.5 Å². The molecule has 3 rings (SSSR count). The smallest absolute Gasteiger partial charge is 0.184 e. The molecular formula is C11H8FNO3S. The third kappa shape index (κ3) is 1.56. The molecule has 2 atom stereocenters. The van der Waals surface area contributed by atoms with E-state index in [0.29, 0.717) is 11.3 Å². The lowest BCUT2D eigenvalue weighted by Crippen LogP contribution is -2.31. The van der Waals surface area contributed by atoms with Crippen molar-refractivity contribution in [2.24, 2.45) is 5.16 Å². The fourth-order valence-corrected chi connectivity index (χ4v) is 3.52. The van der Waals surface area contributed by atoms with Gasteiger partial charge in [0.05, 0.1) is 0 Å². The molecule has 88 valence electrons. The van der Waals surface area contributed by atoms with Gasteiger partial charge < -0.3 is 4.84 Å². The lowest BCUT2D eigenvalue weighted by atomic mass is 10.0. The highest BCUT2D eigenvalue weighted by Crippen LogP contribution is 2.30. The van der Waals surface area contributed by atoms with E-state index >= 15 is 0 Å². The van der Waals surface area contributed by atoms with Crippen molar-refractivity contribution in [1.29, 1.82) is 0 Å². The predicted octanol–water partition coefficient (Wildman–Crippen LogP) is 1.24. The lowest BCUT2D eigenvalue weighted by molar-refractivity contribution is 0.123. The van der Waals surface area contributed by atoms with Crippen LogP contribution in [0, 0.1) is 5.82 Å². The number of sulfone groups is 1. The highest BCUT2D eigenvalue weighted by Gasteiger charge is 2.46. The molecule has 0 fully saturated rings. The van der Waals surface area contributed by atoms with Gasteiger partial charge in [-0.15, -0.1) is 0 Å². The Labute approximate surface area is 97.3 Å². The first-order valence-electron chi connectivity index (χ1n) is 5.00. The van der Waals surface area contributed by atoms with Gasteiger partial charge in [0.25, 0.3) is 0 Å². The summed E-state index contributed by atoms with van der Waals surface area (Å²) in [6, 6.07) is 5.52. The third-order valence-electron chi connectivity index (χ3n) is 2.79. The minimum absolute atomic E-state index is 0.333. The van der Waals surface area contributed by atoms with Gasteiger partial charge in [-0.3, -0.25) is 0 Å². The zero-order valence-electron chi connectivity index (χ0n) is 8.58. The maximum Gasteiger partial charge on any atom is 0.184 e. The molecule has 0 aromatic heterocycles. The molecule has 0 radical (unpaired) electrons. The topological polar surface area (TPSA) is 55.7 Å². The van der Waals surface area contributed by atoms with Gasteiger partial charge in [-0.05, 0) is 18.2 Å². The van der Waals surface area contributed by atoms with Gasteiger partial charge in [-0.25, -0.2) is 12.8 Å². The Kier molecular flexibility index (Phi) is 2.09. The number of rotatable bonds is 1. The second-order valence-electron chi connectivity index (χ2n) is 3.89. The largest absolute Gasteiger partial charge is 0.386 e. The fourth-order valence-electron chi connectivity index (χ4n) is 1.97. The van der Waals surface area contributed by atoms with Gasteiger partial charge in [0.2, 0.25) is 0 Å². The average Bonchev–Trinajstić information content (AvgIpc) is 2.83. The van der Waals surface area contributed by atoms with Crippen molar-refractivity contribution in [1.82, 2.24) is 0 Å². The summed E-state index contributed by atoms with van der Waals surface area (Å²) in [6.45, 7) is 0. The average molecular weight is 253 g/mol. The van der Waals surface area contributed by atoms with E-state index < -0.39 is 21.2 Å². The summed E-state index contributed by atoms with van der Waals surface area (Å²) in [5.74, 6) is -0.378. The van der Waals surface area contributed by atoms with Crippen molar-refractivity contribution in [2.45, 2.75) is 11.4 Å². The molecule has 0 unspecified atom stereocenters. The van der Waals surface area contributed by atoms with Crippen molar-refractivity contribution in [3.63, 3.8) is 0 Å². The summed E-state index contributed by atoms with van der Waals surface area (Å²) < 4.78 is 36.3. The Hall–Kier alpha value is -1.69. The van der Waals surface area contributed by atoms with E-state index in [-0.39, 0.29) is 5.82 Å². The SMILES string of the molecule is O=S1(=O)C=C[C@H]2ON=C(c3ccc(F)cc3)[C@H]21. The second kappa shape index (κ2) is 3.40. The maximum atomic E-state index is 12.8. The molecule has 0 bridgehead atoms. The van der Waals surface area contributed by atoms with E-state index in [2.05, 4.69) is 5.16 Å². The van der Waals surface area contributed by atoms with Crippen molar-refractivity contribution in [3.05, 3.63) is 47.1 Å². The van der Waals surface area contributed by atoms with Gasteiger partial charge in [0.15, 0.2) is 21.2 Å². The fraction of sp³-hybridized carbons (Fsp3) is 0.182. The molecule has 2 aliphatic heterocycles. The quantitative estimate of drug-likeness (QED) is 0.756. The van der Waals surface area contributed by atoms with Crippen LogP contribution in [0.3, 0.4) is 0 Å². The van der Waals surface area contributed by atoms with Crippen LogP contribution in [0.2, 0.25) is 0 Å². The van der Waals surface area contributed by atoms with Crippen LogP contribution in [0.1, 0.15) is 5.56 Å². The Balaban J connectivity index is 2.03. The molecule has 0 aliphatic carbocycles. The Bertz CT molecular complexity index is 619. The summed E-state index contributed by atoms with van der Waals surface area (Å²) in [7, 11) is -3.36. The highest BCUT2D eigenvalue weighted by molar-refractivity contribution is 7.96. The molecule has 0 spiro atoms. The number of benzene rings is 1. The number of oxime groups is 1. The molecule has 17 heavy (non-hydrogen) atoms. The number of fused-ring (bicyclic) bond motifs is 1. The summed E-state index contributed by atoms with van der Waals surface area (Å²) in [5, 5.41) is 4.12. The number of nitrogens with zero attached hydrogens (tertiary/aromatic N) is 1. The molecule has 2 heterocycles. The highest BCUT2D eigenvalue weighted by atomic mass is 32.2. The minimum atomic E-state index is -3.36. The molecule has 4 nitrogen and oxygen atoms in total. The molecule has 2 aliphatic rings. The summed E-state index contributed by atoms with van der Waals surface area (Å²) >= 11 is 0. The summed E-state index contributed by atoms with van der Waals surface area (Å²) in [5.41, 5.74) is 0.895. The van der Waals surface area contributed by atoms with Crippen LogP contribution in [0.5, 0.6) is 0 Å². The first-order chi connectivity index (χ1) is 8.08. The zero-order valence-corrected chi connectivity index (χ0v) is 9.39. The van der Waals surface area contributed by atoms with E-state index in [1.807, 2.05) is 0 Å². The van der Waals surface area contributed by atoms with Crippen LogP contribution in [-0.2, 0) is 14.7 Å². The van der Waals surface area contributed by atoms with E-state index in [1.54, 1.807) is 0 Å². The molecule has 0 saturated carbocycles. The van der Waals surface area contributed by atoms with Crippen molar-refractivity contribution < 1.29 is 17.6 Å². The molecule has 1 aromatic carbocycles.